The van der Waals surface area contributed by atoms with Crippen molar-refractivity contribution in [3.63, 3.8) is 0 Å². The smallest absolute Gasteiger partial charge is 0.343 e. The van der Waals surface area contributed by atoms with Gasteiger partial charge in [0.1, 0.15) is 0 Å². The molecule has 0 spiro atoms. The Labute approximate surface area is 73.0 Å². The Hall–Kier alpha value is -0.750. The average Bonchev–Trinajstić information content (AvgIpc) is 2.34. The van der Waals surface area contributed by atoms with Gasteiger partial charge in [0.15, 0.2) is 5.44 Å². The van der Waals surface area contributed by atoms with Crippen LogP contribution in [0.4, 0.5) is 0 Å². The van der Waals surface area contributed by atoms with Crippen molar-refractivity contribution in [2.45, 2.75) is 17.8 Å². The number of esters is 1. The molecule has 6 heteroatoms. The van der Waals surface area contributed by atoms with Crippen LogP contribution in [-0.2, 0) is 19.1 Å². The third-order valence-corrected chi connectivity index (χ3v) is 2.28. The number of rotatable bonds is 2. The number of ether oxygens (including phenoxy) is 2. The standard InChI is InChI=1S/C6H8O5S/c1-3(7)11-4-2-10-6(12-4)5(8)9/h4,6H,2H2,1H3,(H,8,9)/t4-,6+/m0/s1. The molecule has 0 unspecified atom stereocenters. The van der Waals surface area contributed by atoms with Crippen molar-refractivity contribution in [1.82, 2.24) is 0 Å². The molecule has 0 aliphatic carbocycles. The molecule has 1 aliphatic heterocycles. The SMILES string of the molecule is CC(=O)O[C@@H]1CO[C@@H](C(=O)O)S1. The molecule has 0 saturated carbocycles. The largest absolute Gasteiger partial charge is 0.479 e. The molecule has 0 aromatic rings. The first kappa shape index (κ1) is 9.34. The fourth-order valence-electron chi connectivity index (χ4n) is 0.759. The van der Waals surface area contributed by atoms with E-state index in [1.54, 1.807) is 0 Å². The van der Waals surface area contributed by atoms with Gasteiger partial charge in [-0.1, -0.05) is 11.8 Å². The second kappa shape index (κ2) is 3.77. The highest BCUT2D eigenvalue weighted by atomic mass is 32.2. The van der Waals surface area contributed by atoms with Crippen LogP contribution in [0.5, 0.6) is 0 Å². The molecule has 0 radical (unpaired) electrons. The molecule has 0 bridgehead atoms. The summed E-state index contributed by atoms with van der Waals surface area (Å²) in [6.45, 7) is 1.41. The highest BCUT2D eigenvalue weighted by Crippen LogP contribution is 2.28. The zero-order chi connectivity index (χ0) is 9.14. The number of carbonyl (C=O) groups excluding carboxylic acids is 1. The first-order valence-corrected chi connectivity index (χ1v) is 4.21. The average molecular weight is 192 g/mol. The Bertz CT molecular complexity index is 204. The molecule has 5 nitrogen and oxygen atoms in total. The minimum Gasteiger partial charge on any atom is -0.479 e. The molecule has 0 aromatic heterocycles. The number of carbonyl (C=O) groups is 2. The van der Waals surface area contributed by atoms with Gasteiger partial charge in [-0.05, 0) is 0 Å². The van der Waals surface area contributed by atoms with Gasteiger partial charge in [-0.3, -0.25) is 4.79 Å². The van der Waals surface area contributed by atoms with Gasteiger partial charge in [-0.25, -0.2) is 4.79 Å². The summed E-state index contributed by atoms with van der Waals surface area (Å²) in [5, 5.41) is 8.48. The molecule has 1 heterocycles. The molecule has 0 aromatic carbocycles. The zero-order valence-corrected chi connectivity index (χ0v) is 7.17. The summed E-state index contributed by atoms with van der Waals surface area (Å²) in [5.74, 6) is -1.48. The van der Waals surface area contributed by atoms with Gasteiger partial charge in [0, 0.05) is 6.92 Å². The van der Waals surface area contributed by atoms with Crippen molar-refractivity contribution in [2.24, 2.45) is 0 Å². The van der Waals surface area contributed by atoms with Crippen molar-refractivity contribution >= 4 is 23.7 Å². The van der Waals surface area contributed by atoms with Crippen LogP contribution in [0.15, 0.2) is 0 Å². The van der Waals surface area contributed by atoms with Crippen LogP contribution in [0.2, 0.25) is 0 Å². The molecule has 1 saturated heterocycles. The Morgan fingerprint density at radius 2 is 2.33 bits per heavy atom. The molecule has 0 amide bonds. The van der Waals surface area contributed by atoms with Gasteiger partial charge < -0.3 is 14.6 Å². The minimum absolute atomic E-state index is 0.140. The number of hydrogen-bond acceptors (Lipinski definition) is 5. The highest BCUT2D eigenvalue weighted by Gasteiger charge is 2.33. The predicted octanol–water partition coefficient (Wildman–Crippen LogP) is 0.0497. The second-order valence-corrected chi connectivity index (χ2v) is 3.40. The Morgan fingerprint density at radius 1 is 1.67 bits per heavy atom. The van der Waals surface area contributed by atoms with Crippen LogP contribution in [0, 0.1) is 0 Å². The number of hydrogen-bond donors (Lipinski definition) is 1. The van der Waals surface area contributed by atoms with Gasteiger partial charge in [0.25, 0.3) is 0 Å². The minimum atomic E-state index is -1.05. The molecular formula is C6H8O5S. The lowest BCUT2D eigenvalue weighted by atomic mass is 10.7. The fraction of sp³-hybridized carbons (Fsp3) is 0.667. The zero-order valence-electron chi connectivity index (χ0n) is 6.35. The van der Waals surface area contributed by atoms with Crippen LogP contribution < -0.4 is 0 Å². The summed E-state index contributed by atoms with van der Waals surface area (Å²) >= 11 is 0.982. The maximum atomic E-state index is 10.4. The lowest BCUT2D eigenvalue weighted by Crippen LogP contribution is -2.14. The van der Waals surface area contributed by atoms with Crippen molar-refractivity contribution in [3.05, 3.63) is 0 Å². The van der Waals surface area contributed by atoms with E-state index in [9.17, 15) is 9.59 Å². The maximum Gasteiger partial charge on any atom is 0.343 e. The van der Waals surface area contributed by atoms with E-state index < -0.39 is 22.8 Å². The highest BCUT2D eigenvalue weighted by molar-refractivity contribution is 8.01. The van der Waals surface area contributed by atoms with Crippen molar-refractivity contribution in [1.29, 1.82) is 0 Å². The summed E-state index contributed by atoms with van der Waals surface area (Å²) < 4.78 is 9.54. The van der Waals surface area contributed by atoms with Crippen molar-refractivity contribution in [3.8, 4) is 0 Å². The molecule has 12 heavy (non-hydrogen) atoms. The van der Waals surface area contributed by atoms with Crippen molar-refractivity contribution in [2.75, 3.05) is 6.61 Å². The molecule has 1 N–H and O–H groups in total. The van der Waals surface area contributed by atoms with E-state index in [2.05, 4.69) is 0 Å². The van der Waals surface area contributed by atoms with Gasteiger partial charge >= 0.3 is 11.9 Å². The third kappa shape index (κ3) is 2.38. The van der Waals surface area contributed by atoms with E-state index in [1.807, 2.05) is 0 Å². The monoisotopic (exact) mass is 192 g/mol. The van der Waals surface area contributed by atoms with E-state index in [1.165, 1.54) is 6.92 Å². The Balaban J connectivity index is 2.35. The van der Waals surface area contributed by atoms with Crippen LogP contribution in [-0.4, -0.2) is 34.5 Å². The summed E-state index contributed by atoms with van der Waals surface area (Å²) in [4.78, 5) is 20.8. The van der Waals surface area contributed by atoms with E-state index in [-0.39, 0.29) is 6.61 Å². The quantitative estimate of drug-likeness (QED) is 0.623. The molecule has 1 fully saturated rings. The number of thioether (sulfide) groups is 1. The van der Waals surface area contributed by atoms with Gasteiger partial charge in [0.2, 0.25) is 5.44 Å². The lowest BCUT2D eigenvalue weighted by Gasteiger charge is -2.05. The van der Waals surface area contributed by atoms with Gasteiger partial charge in [0.05, 0.1) is 6.61 Å². The molecule has 1 aliphatic rings. The predicted molar refractivity (Wildman–Crippen MR) is 40.5 cm³/mol. The lowest BCUT2D eigenvalue weighted by molar-refractivity contribution is -0.146. The number of carboxylic acids is 1. The molecular weight excluding hydrogens is 184 g/mol. The molecule has 68 valence electrons. The second-order valence-electron chi connectivity index (χ2n) is 2.18. The number of carboxylic acid groups (broad SMARTS) is 1. The van der Waals surface area contributed by atoms with E-state index in [0.29, 0.717) is 0 Å². The summed E-state index contributed by atoms with van der Waals surface area (Å²) in [6, 6.07) is 0. The first-order valence-electron chi connectivity index (χ1n) is 3.26. The van der Waals surface area contributed by atoms with E-state index >= 15 is 0 Å². The van der Waals surface area contributed by atoms with Crippen molar-refractivity contribution < 1.29 is 24.2 Å². The van der Waals surface area contributed by atoms with Gasteiger partial charge in [-0.2, -0.15) is 0 Å². The fourth-order valence-corrected chi connectivity index (χ4v) is 1.66. The Morgan fingerprint density at radius 3 is 2.75 bits per heavy atom. The van der Waals surface area contributed by atoms with Gasteiger partial charge in [-0.15, -0.1) is 0 Å². The first-order chi connectivity index (χ1) is 5.59. The number of aliphatic carboxylic acids is 1. The van der Waals surface area contributed by atoms with E-state index in [4.69, 9.17) is 14.6 Å². The van der Waals surface area contributed by atoms with Crippen LogP contribution in [0.25, 0.3) is 0 Å². The normalized spacial score (nSPS) is 28.4. The maximum absolute atomic E-state index is 10.4. The Kier molecular flexibility index (Phi) is 2.93. The van der Waals surface area contributed by atoms with E-state index in [0.717, 1.165) is 11.8 Å². The summed E-state index contributed by atoms with van der Waals surface area (Å²) in [7, 11) is 0. The van der Waals surface area contributed by atoms with Crippen LogP contribution in [0.1, 0.15) is 6.92 Å². The topological polar surface area (TPSA) is 72.8 Å². The summed E-state index contributed by atoms with van der Waals surface area (Å²) in [6.07, 6.45) is 0. The molecule has 1 rings (SSSR count). The van der Waals surface area contributed by atoms with Crippen LogP contribution >= 0.6 is 11.8 Å². The summed E-state index contributed by atoms with van der Waals surface area (Å²) in [5.41, 5.74) is -1.39. The van der Waals surface area contributed by atoms with Crippen LogP contribution in [0.3, 0.4) is 0 Å². The third-order valence-electron chi connectivity index (χ3n) is 1.16. The molecule has 2 atom stereocenters.